The number of hydrogen-bond donors (Lipinski definition) is 1. The molecule has 0 aromatic carbocycles. The van der Waals surface area contributed by atoms with Gasteiger partial charge in [0.15, 0.2) is 0 Å². The van der Waals surface area contributed by atoms with Crippen LogP contribution in [0.4, 0.5) is 0 Å². The molecule has 88 valence electrons. The van der Waals surface area contributed by atoms with Crippen molar-refractivity contribution in [1.82, 2.24) is 10.3 Å². The van der Waals surface area contributed by atoms with Gasteiger partial charge < -0.3 is 10.1 Å². The summed E-state index contributed by atoms with van der Waals surface area (Å²) < 4.78 is 5.21. The number of rotatable bonds is 4. The Labute approximate surface area is 97.2 Å². The SMILES string of the molecule is CNC(c1cncc(OC)c1)C1CC1(C)C. The Balaban J connectivity index is 2.20. The van der Waals surface area contributed by atoms with E-state index < -0.39 is 0 Å². The van der Waals surface area contributed by atoms with Crippen LogP contribution < -0.4 is 10.1 Å². The van der Waals surface area contributed by atoms with E-state index in [4.69, 9.17) is 4.74 Å². The van der Waals surface area contributed by atoms with Crippen LogP contribution in [0.3, 0.4) is 0 Å². The zero-order valence-electron chi connectivity index (χ0n) is 10.4. The minimum Gasteiger partial charge on any atom is -0.495 e. The fraction of sp³-hybridized carbons (Fsp3) is 0.615. The van der Waals surface area contributed by atoms with Crippen LogP contribution in [0.1, 0.15) is 31.9 Å². The summed E-state index contributed by atoms with van der Waals surface area (Å²) in [6.07, 6.45) is 4.95. The van der Waals surface area contributed by atoms with Gasteiger partial charge in [0.2, 0.25) is 0 Å². The van der Waals surface area contributed by atoms with Crippen LogP contribution in [-0.4, -0.2) is 19.1 Å². The van der Waals surface area contributed by atoms with E-state index in [1.54, 1.807) is 13.3 Å². The Hall–Kier alpha value is -1.09. The fourth-order valence-electron chi connectivity index (χ4n) is 2.39. The molecule has 1 fully saturated rings. The molecule has 1 N–H and O–H groups in total. The van der Waals surface area contributed by atoms with E-state index in [9.17, 15) is 0 Å². The lowest BCUT2D eigenvalue weighted by atomic mass is 9.98. The topological polar surface area (TPSA) is 34.2 Å². The minimum atomic E-state index is 0.387. The summed E-state index contributed by atoms with van der Waals surface area (Å²) in [5.41, 5.74) is 1.67. The average Bonchev–Trinajstić information content (AvgIpc) is 2.89. The standard InChI is InChI=1S/C13H20N2O/c1-13(2)6-11(13)12(14-3)9-5-10(16-4)8-15-7-9/h5,7-8,11-12,14H,6H2,1-4H3. The lowest BCUT2D eigenvalue weighted by Crippen LogP contribution is -2.20. The predicted octanol–water partition coefficient (Wildman–Crippen LogP) is 2.40. The zero-order valence-corrected chi connectivity index (χ0v) is 10.4. The second-order valence-electron chi connectivity index (χ2n) is 5.22. The van der Waals surface area contributed by atoms with E-state index in [1.165, 1.54) is 12.0 Å². The molecule has 3 heteroatoms. The Kier molecular flexibility index (Phi) is 2.89. The summed E-state index contributed by atoms with van der Waals surface area (Å²) >= 11 is 0. The van der Waals surface area contributed by atoms with Gasteiger partial charge >= 0.3 is 0 Å². The van der Waals surface area contributed by atoms with Gasteiger partial charge in [-0.1, -0.05) is 13.8 Å². The Morgan fingerprint density at radius 1 is 1.50 bits per heavy atom. The first-order valence-electron chi connectivity index (χ1n) is 5.74. The zero-order chi connectivity index (χ0) is 11.8. The summed E-state index contributed by atoms with van der Waals surface area (Å²) in [6, 6.07) is 2.46. The third-order valence-corrected chi connectivity index (χ3v) is 3.63. The van der Waals surface area contributed by atoms with E-state index in [0.717, 1.165) is 5.75 Å². The average molecular weight is 220 g/mol. The number of pyridine rings is 1. The quantitative estimate of drug-likeness (QED) is 0.846. The smallest absolute Gasteiger partial charge is 0.137 e. The molecule has 0 bridgehead atoms. The molecule has 1 aromatic heterocycles. The van der Waals surface area contributed by atoms with Gasteiger partial charge in [-0.15, -0.1) is 0 Å². The van der Waals surface area contributed by atoms with Gasteiger partial charge in [0.1, 0.15) is 5.75 Å². The van der Waals surface area contributed by atoms with E-state index in [1.807, 2.05) is 13.2 Å². The van der Waals surface area contributed by atoms with Crippen LogP contribution in [0, 0.1) is 11.3 Å². The lowest BCUT2D eigenvalue weighted by Gasteiger charge is -2.18. The van der Waals surface area contributed by atoms with E-state index >= 15 is 0 Å². The van der Waals surface area contributed by atoms with Gasteiger partial charge in [0.25, 0.3) is 0 Å². The third kappa shape index (κ3) is 2.05. The molecule has 1 aliphatic carbocycles. The number of aromatic nitrogens is 1. The number of nitrogens with zero attached hydrogens (tertiary/aromatic N) is 1. The maximum absolute atomic E-state index is 5.21. The maximum atomic E-state index is 5.21. The molecule has 0 amide bonds. The highest BCUT2D eigenvalue weighted by Crippen LogP contribution is 2.57. The second kappa shape index (κ2) is 4.06. The molecular weight excluding hydrogens is 200 g/mol. The fourth-order valence-corrected chi connectivity index (χ4v) is 2.39. The molecule has 2 atom stereocenters. The molecule has 3 nitrogen and oxygen atoms in total. The van der Waals surface area contributed by atoms with E-state index in [0.29, 0.717) is 17.4 Å². The Bertz CT molecular complexity index is 376. The number of hydrogen-bond acceptors (Lipinski definition) is 3. The molecule has 1 aliphatic rings. The van der Waals surface area contributed by atoms with Crippen molar-refractivity contribution in [1.29, 1.82) is 0 Å². The molecule has 2 rings (SSSR count). The Morgan fingerprint density at radius 3 is 2.69 bits per heavy atom. The van der Waals surface area contributed by atoms with Crippen LogP contribution in [0.25, 0.3) is 0 Å². The highest BCUT2D eigenvalue weighted by Gasteiger charge is 2.50. The number of methoxy groups -OCH3 is 1. The highest BCUT2D eigenvalue weighted by molar-refractivity contribution is 5.28. The van der Waals surface area contributed by atoms with Crippen LogP contribution in [0.2, 0.25) is 0 Å². The van der Waals surface area contributed by atoms with Crippen molar-refractivity contribution < 1.29 is 4.74 Å². The molecule has 0 saturated heterocycles. The molecule has 0 spiro atoms. The molecule has 0 aliphatic heterocycles. The lowest BCUT2D eigenvalue weighted by molar-refractivity contribution is 0.406. The maximum Gasteiger partial charge on any atom is 0.137 e. The van der Waals surface area contributed by atoms with Crippen LogP contribution in [0.5, 0.6) is 5.75 Å². The van der Waals surface area contributed by atoms with E-state index in [2.05, 4.69) is 30.2 Å². The largest absolute Gasteiger partial charge is 0.495 e. The molecule has 1 saturated carbocycles. The van der Waals surface area contributed by atoms with Crippen LogP contribution >= 0.6 is 0 Å². The molecule has 1 aromatic rings. The molecule has 0 radical (unpaired) electrons. The third-order valence-electron chi connectivity index (χ3n) is 3.63. The monoisotopic (exact) mass is 220 g/mol. The normalized spacial score (nSPS) is 23.9. The molecular formula is C13H20N2O. The van der Waals surface area contributed by atoms with Crippen LogP contribution in [0.15, 0.2) is 18.5 Å². The van der Waals surface area contributed by atoms with Crippen molar-refractivity contribution in [3.8, 4) is 5.75 Å². The first kappa shape index (κ1) is 11.4. The molecule has 1 heterocycles. The van der Waals surface area contributed by atoms with Crippen molar-refractivity contribution in [2.45, 2.75) is 26.3 Å². The second-order valence-corrected chi connectivity index (χ2v) is 5.22. The van der Waals surface area contributed by atoms with Gasteiger partial charge in [0.05, 0.1) is 13.3 Å². The van der Waals surface area contributed by atoms with Crippen molar-refractivity contribution in [3.05, 3.63) is 24.0 Å². The molecule has 16 heavy (non-hydrogen) atoms. The van der Waals surface area contributed by atoms with Crippen molar-refractivity contribution in [2.24, 2.45) is 11.3 Å². The first-order chi connectivity index (χ1) is 7.58. The van der Waals surface area contributed by atoms with Gasteiger partial charge in [-0.25, -0.2) is 0 Å². The minimum absolute atomic E-state index is 0.387. The van der Waals surface area contributed by atoms with Crippen molar-refractivity contribution >= 4 is 0 Å². The summed E-state index contributed by atoms with van der Waals surface area (Å²) in [5, 5.41) is 3.39. The summed E-state index contributed by atoms with van der Waals surface area (Å²) in [7, 11) is 3.69. The number of nitrogens with one attached hydrogen (secondary N) is 1. The summed E-state index contributed by atoms with van der Waals surface area (Å²) in [5.74, 6) is 1.53. The van der Waals surface area contributed by atoms with Gasteiger partial charge in [0, 0.05) is 12.2 Å². The van der Waals surface area contributed by atoms with Crippen molar-refractivity contribution in [2.75, 3.05) is 14.2 Å². The first-order valence-corrected chi connectivity index (χ1v) is 5.74. The highest BCUT2D eigenvalue weighted by atomic mass is 16.5. The number of ether oxygens (including phenoxy) is 1. The van der Waals surface area contributed by atoms with E-state index in [-0.39, 0.29) is 0 Å². The summed E-state index contributed by atoms with van der Waals surface area (Å²) in [4.78, 5) is 4.22. The van der Waals surface area contributed by atoms with Crippen LogP contribution in [-0.2, 0) is 0 Å². The van der Waals surface area contributed by atoms with Gasteiger partial charge in [-0.05, 0) is 36.4 Å². The van der Waals surface area contributed by atoms with Gasteiger partial charge in [-0.2, -0.15) is 0 Å². The molecule has 2 unspecified atom stereocenters. The summed E-state index contributed by atoms with van der Waals surface area (Å²) in [6.45, 7) is 4.63. The van der Waals surface area contributed by atoms with Crippen molar-refractivity contribution in [3.63, 3.8) is 0 Å². The Morgan fingerprint density at radius 2 is 2.19 bits per heavy atom. The predicted molar refractivity (Wildman–Crippen MR) is 64.5 cm³/mol. The van der Waals surface area contributed by atoms with Gasteiger partial charge in [-0.3, -0.25) is 4.98 Å².